The predicted octanol–water partition coefficient (Wildman–Crippen LogP) is 0.851. The molecule has 2 heterocycles. The number of hydrogen-bond donors (Lipinski definition) is 3. The van der Waals surface area contributed by atoms with Crippen molar-refractivity contribution >= 4 is 12.1 Å². The summed E-state index contributed by atoms with van der Waals surface area (Å²) in [6, 6.07) is 0. The van der Waals surface area contributed by atoms with Crippen molar-refractivity contribution in [3.63, 3.8) is 0 Å². The van der Waals surface area contributed by atoms with Crippen LogP contribution >= 0.6 is 0 Å². The normalized spacial score (nSPS) is 27.7. The summed E-state index contributed by atoms with van der Waals surface area (Å²) in [5.41, 5.74) is 0.911. The molecule has 0 saturated carbocycles. The van der Waals surface area contributed by atoms with Crippen LogP contribution in [0.3, 0.4) is 0 Å². The zero-order valence-electron chi connectivity index (χ0n) is 9.69. The van der Waals surface area contributed by atoms with Gasteiger partial charge in [-0.05, 0) is 18.4 Å². The van der Waals surface area contributed by atoms with E-state index in [0.29, 0.717) is 25.8 Å². The predicted molar refractivity (Wildman–Crippen MR) is 59.7 cm³/mol. The highest BCUT2D eigenvalue weighted by Crippen LogP contribution is 2.35. The molecule has 2 rings (SSSR count). The summed E-state index contributed by atoms with van der Waals surface area (Å²) in [6.45, 7) is 2.56. The molecule has 1 unspecified atom stereocenters. The van der Waals surface area contributed by atoms with E-state index >= 15 is 0 Å². The third-order valence-electron chi connectivity index (χ3n) is 3.65. The fraction of sp³-hybridized carbons (Fsp3) is 0.636. The van der Waals surface area contributed by atoms with Crippen molar-refractivity contribution in [2.24, 2.45) is 0 Å². The smallest absolute Gasteiger partial charge is 0.407 e. The third-order valence-corrected chi connectivity index (χ3v) is 3.65. The van der Waals surface area contributed by atoms with Crippen LogP contribution < -0.4 is 5.32 Å². The molecule has 0 aromatic carbocycles. The van der Waals surface area contributed by atoms with Gasteiger partial charge in [0.2, 0.25) is 0 Å². The molecule has 0 saturated heterocycles. The van der Waals surface area contributed by atoms with Crippen molar-refractivity contribution < 1.29 is 19.8 Å². The molecule has 1 atom stereocenters. The zero-order valence-corrected chi connectivity index (χ0v) is 9.69. The lowest BCUT2D eigenvalue weighted by Crippen LogP contribution is -2.48. The monoisotopic (exact) mass is 240 g/mol. The highest BCUT2D eigenvalue weighted by atomic mass is 16.4. The van der Waals surface area contributed by atoms with Crippen LogP contribution in [-0.4, -0.2) is 45.8 Å². The maximum Gasteiger partial charge on any atom is 0.407 e. The van der Waals surface area contributed by atoms with E-state index in [0.717, 1.165) is 11.3 Å². The standard InChI is InChI=1S/C11H16N2O4/c1-2-11(9(14)15)5-7-3-4-13(10(16)17)6-8(7)12-11/h12H,2-6H2,1H3,(H,14,15)(H,16,17). The molecule has 0 fully saturated rings. The molecule has 2 aliphatic heterocycles. The van der Waals surface area contributed by atoms with Crippen molar-refractivity contribution in [1.82, 2.24) is 10.2 Å². The molecule has 94 valence electrons. The fourth-order valence-corrected chi connectivity index (χ4v) is 2.48. The summed E-state index contributed by atoms with van der Waals surface area (Å²) in [5.74, 6) is -0.865. The average Bonchev–Trinajstić information content (AvgIpc) is 2.67. The van der Waals surface area contributed by atoms with E-state index in [-0.39, 0.29) is 6.54 Å². The first-order chi connectivity index (χ1) is 7.98. The van der Waals surface area contributed by atoms with Crippen LogP contribution in [0.15, 0.2) is 11.3 Å². The topological polar surface area (TPSA) is 89.9 Å². The van der Waals surface area contributed by atoms with Gasteiger partial charge < -0.3 is 20.4 Å². The van der Waals surface area contributed by atoms with E-state index in [9.17, 15) is 14.7 Å². The Morgan fingerprint density at radius 2 is 2.18 bits per heavy atom. The first kappa shape index (κ1) is 11.8. The maximum absolute atomic E-state index is 11.3. The molecule has 2 aliphatic rings. The molecule has 0 spiro atoms. The number of carboxylic acids is 1. The molecule has 17 heavy (non-hydrogen) atoms. The Labute approximate surface area is 98.9 Å². The van der Waals surface area contributed by atoms with Gasteiger partial charge in [-0.3, -0.25) is 0 Å². The molecule has 1 amide bonds. The van der Waals surface area contributed by atoms with E-state index in [1.54, 1.807) is 0 Å². The second-order valence-electron chi connectivity index (χ2n) is 4.58. The molecule has 0 bridgehead atoms. The van der Waals surface area contributed by atoms with Crippen molar-refractivity contribution in [1.29, 1.82) is 0 Å². The van der Waals surface area contributed by atoms with Gasteiger partial charge in [-0.25, -0.2) is 9.59 Å². The SMILES string of the molecule is CCC1(C(=O)O)CC2=C(CN(C(=O)O)CC2)N1. The van der Waals surface area contributed by atoms with Crippen LogP contribution in [-0.2, 0) is 4.79 Å². The van der Waals surface area contributed by atoms with Crippen LogP contribution in [0.1, 0.15) is 26.2 Å². The number of amides is 1. The van der Waals surface area contributed by atoms with Gasteiger partial charge in [-0.2, -0.15) is 0 Å². The lowest BCUT2D eigenvalue weighted by molar-refractivity contribution is -0.144. The van der Waals surface area contributed by atoms with Gasteiger partial charge in [0.1, 0.15) is 5.54 Å². The zero-order chi connectivity index (χ0) is 12.6. The largest absolute Gasteiger partial charge is 0.479 e. The number of hydrogen-bond acceptors (Lipinski definition) is 3. The van der Waals surface area contributed by atoms with E-state index in [4.69, 9.17) is 5.11 Å². The van der Waals surface area contributed by atoms with Crippen LogP contribution in [0.5, 0.6) is 0 Å². The number of carboxylic acid groups (broad SMARTS) is 2. The third kappa shape index (κ3) is 1.83. The van der Waals surface area contributed by atoms with E-state index < -0.39 is 17.6 Å². The molecule has 6 nitrogen and oxygen atoms in total. The summed E-state index contributed by atoms with van der Waals surface area (Å²) in [7, 11) is 0. The quantitative estimate of drug-likeness (QED) is 0.665. The number of rotatable bonds is 2. The summed E-state index contributed by atoms with van der Waals surface area (Å²) in [6.07, 6.45) is 0.649. The average molecular weight is 240 g/mol. The Kier molecular flexibility index (Phi) is 2.73. The Hall–Kier alpha value is -1.72. The number of nitrogens with zero attached hydrogens (tertiary/aromatic N) is 1. The lowest BCUT2D eigenvalue weighted by Gasteiger charge is -2.27. The van der Waals surface area contributed by atoms with Gasteiger partial charge in [0.25, 0.3) is 0 Å². The fourth-order valence-electron chi connectivity index (χ4n) is 2.48. The van der Waals surface area contributed by atoms with Crippen LogP contribution in [0.4, 0.5) is 4.79 Å². The Morgan fingerprint density at radius 1 is 1.47 bits per heavy atom. The second-order valence-corrected chi connectivity index (χ2v) is 4.58. The highest BCUT2D eigenvalue weighted by Gasteiger charge is 2.44. The molecule has 6 heteroatoms. The van der Waals surface area contributed by atoms with Crippen molar-refractivity contribution in [3.8, 4) is 0 Å². The highest BCUT2D eigenvalue weighted by molar-refractivity contribution is 5.81. The Balaban J connectivity index is 2.16. The van der Waals surface area contributed by atoms with Crippen molar-refractivity contribution in [2.75, 3.05) is 13.1 Å². The molecular weight excluding hydrogens is 224 g/mol. The van der Waals surface area contributed by atoms with Gasteiger partial charge in [0.15, 0.2) is 0 Å². The molecular formula is C11H16N2O4. The minimum absolute atomic E-state index is 0.277. The summed E-state index contributed by atoms with van der Waals surface area (Å²) in [5, 5.41) is 21.2. The first-order valence-corrected chi connectivity index (χ1v) is 5.69. The second kappa shape index (κ2) is 3.94. The molecule has 0 aromatic heterocycles. The van der Waals surface area contributed by atoms with Gasteiger partial charge in [-0.1, -0.05) is 6.92 Å². The minimum atomic E-state index is -0.956. The van der Waals surface area contributed by atoms with E-state index in [1.165, 1.54) is 4.90 Å². The van der Waals surface area contributed by atoms with Gasteiger partial charge >= 0.3 is 12.1 Å². The molecule has 0 aromatic rings. The Morgan fingerprint density at radius 3 is 2.71 bits per heavy atom. The van der Waals surface area contributed by atoms with Crippen molar-refractivity contribution in [3.05, 3.63) is 11.3 Å². The van der Waals surface area contributed by atoms with Gasteiger partial charge in [0, 0.05) is 18.7 Å². The molecule has 3 N–H and O–H groups in total. The number of aliphatic carboxylic acids is 1. The number of carbonyl (C=O) groups is 2. The van der Waals surface area contributed by atoms with E-state index in [1.807, 2.05) is 6.92 Å². The summed E-state index contributed by atoms with van der Waals surface area (Å²) in [4.78, 5) is 23.5. The number of nitrogens with one attached hydrogen (secondary N) is 1. The van der Waals surface area contributed by atoms with Crippen molar-refractivity contribution in [2.45, 2.75) is 31.7 Å². The summed E-state index contributed by atoms with van der Waals surface area (Å²) >= 11 is 0. The summed E-state index contributed by atoms with van der Waals surface area (Å²) < 4.78 is 0. The van der Waals surface area contributed by atoms with E-state index in [2.05, 4.69) is 5.32 Å². The molecule has 0 radical (unpaired) electrons. The molecule has 0 aliphatic carbocycles. The van der Waals surface area contributed by atoms with Gasteiger partial charge in [-0.15, -0.1) is 0 Å². The van der Waals surface area contributed by atoms with Crippen LogP contribution in [0.25, 0.3) is 0 Å². The van der Waals surface area contributed by atoms with Gasteiger partial charge in [0.05, 0.1) is 6.54 Å². The first-order valence-electron chi connectivity index (χ1n) is 5.69. The Bertz CT molecular complexity index is 404. The lowest BCUT2D eigenvalue weighted by atomic mass is 9.90. The minimum Gasteiger partial charge on any atom is -0.479 e. The van der Waals surface area contributed by atoms with Crippen LogP contribution in [0, 0.1) is 0 Å². The van der Waals surface area contributed by atoms with Crippen LogP contribution in [0.2, 0.25) is 0 Å². The maximum atomic E-state index is 11.3.